The lowest BCUT2D eigenvalue weighted by Crippen LogP contribution is -2.40. The smallest absolute Gasteiger partial charge is 0.390 e. The molecule has 1 unspecified atom stereocenters. The summed E-state index contributed by atoms with van der Waals surface area (Å²) < 4.78 is 40.9. The van der Waals surface area contributed by atoms with Crippen LogP contribution in [0, 0.1) is 0 Å². The Bertz CT molecular complexity index is 623. The van der Waals surface area contributed by atoms with Gasteiger partial charge in [0.05, 0.1) is 19.2 Å². The minimum Gasteiger partial charge on any atom is -0.390 e. The summed E-state index contributed by atoms with van der Waals surface area (Å²) >= 11 is 0. The molecule has 0 bridgehead atoms. The normalized spacial score (nSPS) is 17.5. The zero-order chi connectivity index (χ0) is 15.7. The van der Waals surface area contributed by atoms with Gasteiger partial charge in [0.1, 0.15) is 5.82 Å². The molecule has 1 atom stereocenters. The quantitative estimate of drug-likeness (QED) is 0.882. The van der Waals surface area contributed by atoms with Crippen LogP contribution in [0.5, 0.6) is 0 Å². The number of aromatic nitrogens is 5. The van der Waals surface area contributed by atoms with Crippen molar-refractivity contribution in [2.45, 2.75) is 31.9 Å². The van der Waals surface area contributed by atoms with Crippen molar-refractivity contribution in [1.82, 2.24) is 29.4 Å². The maximum absolute atomic E-state index is 12.7. The predicted molar refractivity (Wildman–Crippen MR) is 68.5 cm³/mol. The molecule has 0 aliphatic carbocycles. The van der Waals surface area contributed by atoms with Crippen molar-refractivity contribution in [3.05, 3.63) is 30.1 Å². The lowest BCUT2D eigenvalue weighted by atomic mass is 10.2. The van der Waals surface area contributed by atoms with Gasteiger partial charge in [-0.2, -0.15) is 18.3 Å². The molecule has 0 spiro atoms. The molecular weight excluding hydrogens is 301 g/mol. The van der Waals surface area contributed by atoms with Gasteiger partial charge in [-0.1, -0.05) is 0 Å². The van der Waals surface area contributed by atoms with Crippen LogP contribution in [0.25, 0.3) is 0 Å². The highest BCUT2D eigenvalue weighted by molar-refractivity contribution is 5.02. The maximum atomic E-state index is 12.7. The third-order valence-electron chi connectivity index (χ3n) is 3.51. The number of aliphatic hydroxyl groups is 1. The number of hydrogen-bond acceptors (Lipinski definition) is 5. The molecule has 1 aliphatic rings. The van der Waals surface area contributed by atoms with Gasteiger partial charge in [-0.3, -0.25) is 9.58 Å². The molecular formula is C12H15F3N6O. The van der Waals surface area contributed by atoms with Crippen LogP contribution < -0.4 is 0 Å². The van der Waals surface area contributed by atoms with E-state index in [4.69, 9.17) is 0 Å². The highest BCUT2D eigenvalue weighted by Gasteiger charge is 2.39. The van der Waals surface area contributed by atoms with Crippen LogP contribution in [-0.2, 0) is 25.8 Å². The van der Waals surface area contributed by atoms with E-state index in [1.807, 2.05) is 4.90 Å². The molecule has 1 aliphatic heterocycles. The van der Waals surface area contributed by atoms with Gasteiger partial charge < -0.3 is 9.67 Å². The Labute approximate surface area is 124 Å². The summed E-state index contributed by atoms with van der Waals surface area (Å²) in [6.45, 7) is 1.48. The van der Waals surface area contributed by atoms with Gasteiger partial charge in [0.15, 0.2) is 0 Å². The van der Waals surface area contributed by atoms with Crippen LogP contribution in [0.4, 0.5) is 13.2 Å². The average molecular weight is 316 g/mol. The monoisotopic (exact) mass is 316 g/mol. The predicted octanol–water partition coefficient (Wildman–Crippen LogP) is 0.370. The van der Waals surface area contributed by atoms with Crippen molar-refractivity contribution in [1.29, 1.82) is 0 Å². The summed E-state index contributed by atoms with van der Waals surface area (Å²) in [5.41, 5.74) is 0. The fraction of sp³-hybridized carbons (Fsp3) is 0.583. The van der Waals surface area contributed by atoms with Crippen molar-refractivity contribution in [3.63, 3.8) is 0 Å². The van der Waals surface area contributed by atoms with Gasteiger partial charge in [0.2, 0.25) is 5.82 Å². The molecule has 0 aromatic carbocycles. The van der Waals surface area contributed by atoms with Crippen LogP contribution in [-0.4, -0.2) is 53.7 Å². The Morgan fingerprint density at radius 2 is 2.05 bits per heavy atom. The Morgan fingerprint density at radius 1 is 1.23 bits per heavy atom. The molecule has 3 heterocycles. The third kappa shape index (κ3) is 3.12. The number of halogens is 3. The Balaban J connectivity index is 1.61. The molecule has 0 fully saturated rings. The van der Waals surface area contributed by atoms with Crippen molar-refractivity contribution < 1.29 is 18.3 Å². The lowest BCUT2D eigenvalue weighted by molar-refractivity contribution is -0.148. The van der Waals surface area contributed by atoms with E-state index < -0.39 is 18.1 Å². The van der Waals surface area contributed by atoms with E-state index >= 15 is 0 Å². The molecule has 2 aromatic heterocycles. The molecule has 120 valence electrons. The van der Waals surface area contributed by atoms with Gasteiger partial charge in [-0.15, -0.1) is 10.2 Å². The highest BCUT2D eigenvalue weighted by Crippen LogP contribution is 2.29. The second-order valence-electron chi connectivity index (χ2n) is 5.21. The van der Waals surface area contributed by atoms with Crippen molar-refractivity contribution in [2.75, 3.05) is 13.1 Å². The minimum atomic E-state index is -4.49. The topological polar surface area (TPSA) is 72.0 Å². The zero-order valence-corrected chi connectivity index (χ0v) is 11.6. The number of hydrogen-bond donors (Lipinski definition) is 1. The first kappa shape index (κ1) is 15.0. The molecule has 0 saturated heterocycles. The fourth-order valence-corrected chi connectivity index (χ4v) is 2.55. The van der Waals surface area contributed by atoms with Gasteiger partial charge >= 0.3 is 6.18 Å². The summed E-state index contributed by atoms with van der Waals surface area (Å²) in [6, 6.07) is 1.76. The van der Waals surface area contributed by atoms with Crippen LogP contribution >= 0.6 is 0 Å². The number of alkyl halides is 3. The Morgan fingerprint density at radius 3 is 2.73 bits per heavy atom. The van der Waals surface area contributed by atoms with Crippen LogP contribution in [0.2, 0.25) is 0 Å². The summed E-state index contributed by atoms with van der Waals surface area (Å²) in [4.78, 5) is 1.86. The van der Waals surface area contributed by atoms with E-state index in [9.17, 15) is 18.3 Å². The molecule has 22 heavy (non-hydrogen) atoms. The first-order valence-electron chi connectivity index (χ1n) is 6.80. The van der Waals surface area contributed by atoms with Crippen LogP contribution in [0.15, 0.2) is 18.5 Å². The van der Waals surface area contributed by atoms with Crippen molar-refractivity contribution >= 4 is 0 Å². The van der Waals surface area contributed by atoms with E-state index in [2.05, 4.69) is 15.3 Å². The fourth-order valence-electron chi connectivity index (χ4n) is 2.55. The van der Waals surface area contributed by atoms with Crippen molar-refractivity contribution in [3.8, 4) is 0 Å². The first-order valence-corrected chi connectivity index (χ1v) is 6.80. The highest BCUT2D eigenvalue weighted by atomic mass is 19.4. The molecule has 7 nitrogen and oxygen atoms in total. The number of fused-ring (bicyclic) bond motifs is 1. The standard InChI is InChI=1S/C12H15F3N6O/c13-12(14,15)11-18-17-10-8-19(4-5-21(10)11)6-9(22)7-20-3-1-2-16-20/h1-3,9,22H,4-8H2. The first-order chi connectivity index (χ1) is 10.4. The summed E-state index contributed by atoms with van der Waals surface area (Å²) in [7, 11) is 0. The molecule has 1 N–H and O–H groups in total. The van der Waals surface area contributed by atoms with E-state index in [0.717, 1.165) is 4.57 Å². The van der Waals surface area contributed by atoms with Crippen molar-refractivity contribution in [2.24, 2.45) is 0 Å². The summed E-state index contributed by atoms with van der Waals surface area (Å²) in [5.74, 6) is -0.691. The molecule has 0 amide bonds. The van der Waals surface area contributed by atoms with Gasteiger partial charge in [0.25, 0.3) is 0 Å². The van der Waals surface area contributed by atoms with E-state index in [0.29, 0.717) is 19.6 Å². The number of β-amino-alcohol motifs (C(OH)–C–C–N with tert-alkyl or cyclic N) is 1. The molecule has 0 radical (unpaired) electrons. The third-order valence-corrected chi connectivity index (χ3v) is 3.51. The maximum Gasteiger partial charge on any atom is 0.451 e. The van der Waals surface area contributed by atoms with Gasteiger partial charge in [-0.25, -0.2) is 0 Å². The number of rotatable bonds is 4. The Kier molecular flexibility index (Phi) is 3.87. The Hall–Kier alpha value is -1.94. The summed E-state index contributed by atoms with van der Waals surface area (Å²) in [5, 5.41) is 20.9. The van der Waals surface area contributed by atoms with Gasteiger partial charge in [-0.05, 0) is 6.07 Å². The number of aliphatic hydroxyl groups excluding tert-OH is 1. The average Bonchev–Trinajstić information content (AvgIpc) is 3.05. The van der Waals surface area contributed by atoms with E-state index in [-0.39, 0.29) is 18.9 Å². The zero-order valence-electron chi connectivity index (χ0n) is 11.6. The largest absolute Gasteiger partial charge is 0.451 e. The molecule has 2 aromatic rings. The molecule has 0 saturated carbocycles. The van der Waals surface area contributed by atoms with E-state index in [1.165, 1.54) is 0 Å². The SMILES string of the molecule is OC(CN1CCn2c(nnc2C(F)(F)F)C1)Cn1cccn1. The second kappa shape index (κ2) is 5.69. The molecule has 10 heteroatoms. The van der Waals surface area contributed by atoms with E-state index in [1.54, 1.807) is 23.1 Å². The second-order valence-corrected chi connectivity index (χ2v) is 5.21. The van der Waals surface area contributed by atoms with Gasteiger partial charge in [0, 0.05) is 32.0 Å². The minimum absolute atomic E-state index is 0.158. The summed E-state index contributed by atoms with van der Waals surface area (Å²) in [6.07, 6.45) is -1.79. The molecule has 3 rings (SSSR count). The van der Waals surface area contributed by atoms with Crippen LogP contribution in [0.1, 0.15) is 11.6 Å². The number of nitrogens with zero attached hydrogens (tertiary/aromatic N) is 6. The van der Waals surface area contributed by atoms with Crippen LogP contribution in [0.3, 0.4) is 0 Å². The lowest BCUT2D eigenvalue weighted by Gasteiger charge is -2.29.